The van der Waals surface area contributed by atoms with Crippen molar-refractivity contribution in [2.45, 2.75) is 13.3 Å². The van der Waals surface area contributed by atoms with Gasteiger partial charge in [-0.1, -0.05) is 6.07 Å². The number of ether oxygens (including phenoxy) is 1. The first-order valence-electron chi connectivity index (χ1n) is 6.95. The molecule has 0 unspecified atom stereocenters. The van der Waals surface area contributed by atoms with Crippen molar-refractivity contribution in [1.29, 1.82) is 0 Å². The molecule has 1 aliphatic rings. The summed E-state index contributed by atoms with van der Waals surface area (Å²) in [6, 6.07) is 11.2. The molecule has 0 saturated carbocycles. The standard InChI is InChI=1S/C17H18N2O2/c1-11-3-4-13(10-16(11)21-2)17(20)19-8-7-12-9-14(18)5-6-15(12)19/h3-6,9-10H,7-8,18H2,1-2H3. The number of fused-ring (bicyclic) bond motifs is 1. The summed E-state index contributed by atoms with van der Waals surface area (Å²) in [6.45, 7) is 2.65. The molecule has 1 aliphatic heterocycles. The Kier molecular flexibility index (Phi) is 3.29. The van der Waals surface area contributed by atoms with Crippen LogP contribution in [-0.4, -0.2) is 19.6 Å². The lowest BCUT2D eigenvalue weighted by Crippen LogP contribution is -2.28. The monoisotopic (exact) mass is 282 g/mol. The average Bonchev–Trinajstić information content (AvgIpc) is 2.89. The van der Waals surface area contributed by atoms with E-state index in [1.807, 2.05) is 37.3 Å². The fraction of sp³-hybridized carbons (Fsp3) is 0.235. The number of nitrogens with two attached hydrogens (primary N) is 1. The fourth-order valence-corrected chi connectivity index (χ4v) is 2.74. The summed E-state index contributed by atoms with van der Waals surface area (Å²) in [7, 11) is 1.62. The molecule has 2 aromatic rings. The van der Waals surface area contributed by atoms with Crippen LogP contribution in [0.4, 0.5) is 11.4 Å². The van der Waals surface area contributed by atoms with E-state index in [1.165, 1.54) is 0 Å². The fourth-order valence-electron chi connectivity index (χ4n) is 2.74. The smallest absolute Gasteiger partial charge is 0.258 e. The molecule has 1 amide bonds. The lowest BCUT2D eigenvalue weighted by atomic mass is 10.1. The van der Waals surface area contributed by atoms with Crippen molar-refractivity contribution in [3.05, 3.63) is 53.1 Å². The number of rotatable bonds is 2. The van der Waals surface area contributed by atoms with Crippen molar-refractivity contribution < 1.29 is 9.53 Å². The number of amides is 1. The van der Waals surface area contributed by atoms with E-state index in [4.69, 9.17) is 10.5 Å². The number of nitrogens with zero attached hydrogens (tertiary/aromatic N) is 1. The number of carbonyl (C=O) groups excluding carboxylic acids is 1. The molecule has 4 heteroatoms. The largest absolute Gasteiger partial charge is 0.496 e. The Morgan fingerprint density at radius 2 is 2.05 bits per heavy atom. The van der Waals surface area contributed by atoms with Crippen molar-refractivity contribution in [2.75, 3.05) is 24.3 Å². The second-order valence-electron chi connectivity index (χ2n) is 5.28. The van der Waals surface area contributed by atoms with Gasteiger partial charge in [-0.3, -0.25) is 4.79 Å². The van der Waals surface area contributed by atoms with Gasteiger partial charge < -0.3 is 15.4 Å². The van der Waals surface area contributed by atoms with E-state index in [9.17, 15) is 4.79 Å². The number of hydrogen-bond acceptors (Lipinski definition) is 3. The molecule has 108 valence electrons. The number of hydrogen-bond donors (Lipinski definition) is 1. The zero-order valence-corrected chi connectivity index (χ0v) is 12.2. The molecule has 3 rings (SSSR count). The average molecular weight is 282 g/mol. The molecule has 0 spiro atoms. The van der Waals surface area contributed by atoms with E-state index < -0.39 is 0 Å². The van der Waals surface area contributed by atoms with Gasteiger partial charge in [-0.25, -0.2) is 0 Å². The van der Waals surface area contributed by atoms with Gasteiger partial charge in [0.1, 0.15) is 5.75 Å². The number of anilines is 2. The first-order valence-corrected chi connectivity index (χ1v) is 6.95. The molecule has 1 heterocycles. The molecule has 2 aromatic carbocycles. The van der Waals surface area contributed by atoms with Crippen LogP contribution in [0.3, 0.4) is 0 Å². The summed E-state index contributed by atoms with van der Waals surface area (Å²) in [5.41, 5.74) is 10.3. The van der Waals surface area contributed by atoms with Gasteiger partial charge in [-0.15, -0.1) is 0 Å². The highest BCUT2D eigenvalue weighted by Gasteiger charge is 2.25. The third kappa shape index (κ3) is 2.33. The minimum absolute atomic E-state index is 0.00294. The Labute approximate surface area is 124 Å². The Morgan fingerprint density at radius 1 is 1.24 bits per heavy atom. The molecule has 21 heavy (non-hydrogen) atoms. The zero-order valence-electron chi connectivity index (χ0n) is 12.2. The molecule has 0 fully saturated rings. The first kappa shape index (κ1) is 13.5. The van der Waals surface area contributed by atoms with Crippen molar-refractivity contribution in [2.24, 2.45) is 0 Å². The van der Waals surface area contributed by atoms with Gasteiger partial charge in [0.15, 0.2) is 0 Å². The van der Waals surface area contributed by atoms with Crippen LogP contribution in [0.15, 0.2) is 36.4 Å². The van der Waals surface area contributed by atoms with Crippen LogP contribution in [0, 0.1) is 6.92 Å². The minimum atomic E-state index is -0.00294. The molecule has 0 bridgehead atoms. The topological polar surface area (TPSA) is 55.6 Å². The predicted molar refractivity (Wildman–Crippen MR) is 84.0 cm³/mol. The molecule has 0 aliphatic carbocycles. The second kappa shape index (κ2) is 5.13. The van der Waals surface area contributed by atoms with Gasteiger partial charge in [-0.2, -0.15) is 0 Å². The van der Waals surface area contributed by atoms with Gasteiger partial charge >= 0.3 is 0 Å². The highest BCUT2D eigenvalue weighted by atomic mass is 16.5. The van der Waals surface area contributed by atoms with Crippen LogP contribution < -0.4 is 15.4 Å². The SMILES string of the molecule is COc1cc(C(=O)N2CCc3cc(N)ccc32)ccc1C. The highest BCUT2D eigenvalue weighted by molar-refractivity contribution is 6.07. The molecule has 0 radical (unpaired) electrons. The Balaban J connectivity index is 1.94. The van der Waals surface area contributed by atoms with E-state index >= 15 is 0 Å². The number of methoxy groups -OCH3 is 1. The third-order valence-electron chi connectivity index (χ3n) is 3.90. The Bertz CT molecular complexity index is 710. The molecular formula is C17H18N2O2. The summed E-state index contributed by atoms with van der Waals surface area (Å²) < 4.78 is 5.30. The molecule has 2 N–H and O–H groups in total. The summed E-state index contributed by atoms with van der Waals surface area (Å²) >= 11 is 0. The molecule has 0 aromatic heterocycles. The zero-order chi connectivity index (χ0) is 15.0. The van der Waals surface area contributed by atoms with E-state index in [0.717, 1.165) is 34.7 Å². The lowest BCUT2D eigenvalue weighted by Gasteiger charge is -2.18. The maximum absolute atomic E-state index is 12.7. The second-order valence-corrected chi connectivity index (χ2v) is 5.28. The summed E-state index contributed by atoms with van der Waals surface area (Å²) in [5, 5.41) is 0. The van der Waals surface area contributed by atoms with Crippen LogP contribution in [-0.2, 0) is 6.42 Å². The van der Waals surface area contributed by atoms with E-state index in [2.05, 4.69) is 0 Å². The van der Waals surface area contributed by atoms with E-state index in [1.54, 1.807) is 18.1 Å². The number of aryl methyl sites for hydroxylation is 1. The number of nitrogen functional groups attached to an aromatic ring is 1. The molecule has 0 saturated heterocycles. The van der Waals surface area contributed by atoms with Crippen molar-refractivity contribution >= 4 is 17.3 Å². The molecule has 4 nitrogen and oxygen atoms in total. The Hall–Kier alpha value is -2.49. The van der Waals surface area contributed by atoms with Crippen molar-refractivity contribution in [3.8, 4) is 5.75 Å². The highest BCUT2D eigenvalue weighted by Crippen LogP contribution is 2.31. The van der Waals surface area contributed by atoms with E-state index in [-0.39, 0.29) is 5.91 Å². The van der Waals surface area contributed by atoms with Gasteiger partial charge in [0.2, 0.25) is 0 Å². The minimum Gasteiger partial charge on any atom is -0.496 e. The quantitative estimate of drug-likeness (QED) is 0.862. The summed E-state index contributed by atoms with van der Waals surface area (Å²) in [5.74, 6) is 0.731. The lowest BCUT2D eigenvalue weighted by molar-refractivity contribution is 0.0989. The molecular weight excluding hydrogens is 264 g/mol. The Morgan fingerprint density at radius 3 is 2.81 bits per heavy atom. The van der Waals surface area contributed by atoms with Crippen LogP contribution in [0.5, 0.6) is 5.75 Å². The van der Waals surface area contributed by atoms with Gasteiger partial charge in [0, 0.05) is 23.5 Å². The van der Waals surface area contributed by atoms with Crippen LogP contribution in [0.25, 0.3) is 0 Å². The first-order chi connectivity index (χ1) is 10.1. The maximum atomic E-state index is 12.7. The van der Waals surface area contributed by atoms with Crippen LogP contribution >= 0.6 is 0 Å². The van der Waals surface area contributed by atoms with Crippen LogP contribution in [0.1, 0.15) is 21.5 Å². The summed E-state index contributed by atoms with van der Waals surface area (Å²) in [4.78, 5) is 14.5. The third-order valence-corrected chi connectivity index (χ3v) is 3.90. The number of benzene rings is 2. The van der Waals surface area contributed by atoms with Gasteiger partial charge in [-0.05, 0) is 54.8 Å². The predicted octanol–water partition coefficient (Wildman–Crippen LogP) is 2.79. The van der Waals surface area contributed by atoms with Crippen molar-refractivity contribution in [3.63, 3.8) is 0 Å². The summed E-state index contributed by atoms with van der Waals surface area (Å²) in [6.07, 6.45) is 0.842. The van der Waals surface area contributed by atoms with Gasteiger partial charge in [0.25, 0.3) is 5.91 Å². The van der Waals surface area contributed by atoms with Gasteiger partial charge in [0.05, 0.1) is 7.11 Å². The van der Waals surface area contributed by atoms with E-state index in [0.29, 0.717) is 12.1 Å². The number of carbonyl (C=O) groups is 1. The van der Waals surface area contributed by atoms with Crippen molar-refractivity contribution in [1.82, 2.24) is 0 Å². The molecule has 0 atom stereocenters. The maximum Gasteiger partial charge on any atom is 0.258 e. The normalized spacial score (nSPS) is 13.1. The van der Waals surface area contributed by atoms with Crippen LogP contribution in [0.2, 0.25) is 0 Å².